The molecule has 1 aromatic heterocycles. The van der Waals surface area contributed by atoms with Gasteiger partial charge in [-0.3, -0.25) is 14.7 Å². The Morgan fingerprint density at radius 1 is 1.07 bits per heavy atom. The lowest BCUT2D eigenvalue weighted by molar-refractivity contribution is 0.0299. The highest BCUT2D eigenvalue weighted by molar-refractivity contribution is 6.30. The number of nitrogens with one attached hydrogen (secondary N) is 1. The maximum atomic E-state index is 12.8. The Balaban J connectivity index is 1.43. The van der Waals surface area contributed by atoms with Crippen molar-refractivity contribution in [2.24, 2.45) is 0 Å². The van der Waals surface area contributed by atoms with Crippen LogP contribution in [0.3, 0.4) is 0 Å². The Hall–Kier alpha value is -2.38. The molecule has 1 atom stereocenters. The van der Waals surface area contributed by atoms with Crippen molar-refractivity contribution in [1.82, 2.24) is 20.0 Å². The molecule has 2 amide bonds. The molecule has 148 valence electrons. The predicted molar refractivity (Wildman–Crippen MR) is 105 cm³/mol. The van der Waals surface area contributed by atoms with E-state index in [-0.39, 0.29) is 17.7 Å². The third-order valence-corrected chi connectivity index (χ3v) is 5.61. The molecule has 0 unspecified atom stereocenters. The molecule has 2 aliphatic heterocycles. The van der Waals surface area contributed by atoms with Gasteiger partial charge in [0.15, 0.2) is 0 Å². The number of aromatic amines is 1. The van der Waals surface area contributed by atoms with E-state index in [1.165, 1.54) is 0 Å². The van der Waals surface area contributed by atoms with Gasteiger partial charge in [-0.25, -0.2) is 0 Å². The largest absolute Gasteiger partial charge is 0.378 e. The molecule has 0 radical (unpaired) electrons. The predicted octanol–water partition coefficient (Wildman–Crippen LogP) is 2.56. The SMILES string of the molecule is O=C(c1ccc(Cl)cc1)N1CCC[C@H](c2cc(C(=O)N3CCOCC3)n[nH]2)C1. The minimum atomic E-state index is -0.0734. The van der Waals surface area contributed by atoms with E-state index in [2.05, 4.69) is 10.2 Å². The highest BCUT2D eigenvalue weighted by Crippen LogP contribution is 2.27. The maximum absolute atomic E-state index is 12.8. The number of ether oxygens (including phenoxy) is 1. The minimum Gasteiger partial charge on any atom is -0.378 e. The summed E-state index contributed by atoms with van der Waals surface area (Å²) in [5.41, 5.74) is 1.97. The van der Waals surface area contributed by atoms with E-state index < -0.39 is 0 Å². The number of H-pyrrole nitrogens is 1. The van der Waals surface area contributed by atoms with Crippen LogP contribution in [-0.2, 0) is 4.74 Å². The van der Waals surface area contributed by atoms with Gasteiger partial charge in [-0.2, -0.15) is 5.10 Å². The van der Waals surface area contributed by atoms with E-state index in [1.807, 2.05) is 11.0 Å². The summed E-state index contributed by atoms with van der Waals surface area (Å²) in [6, 6.07) is 8.80. The fourth-order valence-corrected chi connectivity index (χ4v) is 3.90. The number of rotatable bonds is 3. The normalized spacial score (nSPS) is 20.2. The monoisotopic (exact) mass is 402 g/mol. The molecule has 2 fully saturated rings. The first kappa shape index (κ1) is 19.0. The number of benzene rings is 1. The second-order valence-electron chi connectivity index (χ2n) is 7.21. The zero-order valence-corrected chi connectivity index (χ0v) is 16.3. The van der Waals surface area contributed by atoms with Crippen molar-refractivity contribution in [3.8, 4) is 0 Å². The van der Waals surface area contributed by atoms with Crippen LogP contribution in [0.1, 0.15) is 45.3 Å². The van der Waals surface area contributed by atoms with Crippen LogP contribution in [0, 0.1) is 0 Å². The van der Waals surface area contributed by atoms with Gasteiger partial charge in [0.05, 0.1) is 13.2 Å². The van der Waals surface area contributed by atoms with E-state index in [0.29, 0.717) is 49.1 Å². The van der Waals surface area contributed by atoms with Crippen LogP contribution in [0.15, 0.2) is 30.3 Å². The molecule has 0 aliphatic carbocycles. The topological polar surface area (TPSA) is 78.5 Å². The van der Waals surface area contributed by atoms with Gasteiger partial charge in [-0.1, -0.05) is 11.6 Å². The molecular weight excluding hydrogens is 380 g/mol. The summed E-state index contributed by atoms with van der Waals surface area (Å²) >= 11 is 5.92. The molecular formula is C20H23ClN4O3. The molecule has 28 heavy (non-hydrogen) atoms. The molecule has 2 saturated heterocycles. The third kappa shape index (κ3) is 4.05. The Morgan fingerprint density at radius 3 is 2.57 bits per heavy atom. The first-order valence-corrected chi connectivity index (χ1v) is 9.97. The molecule has 2 aromatic rings. The highest BCUT2D eigenvalue weighted by atomic mass is 35.5. The lowest BCUT2D eigenvalue weighted by Gasteiger charge is -2.32. The average molecular weight is 403 g/mol. The van der Waals surface area contributed by atoms with Gasteiger partial charge in [-0.15, -0.1) is 0 Å². The van der Waals surface area contributed by atoms with Crippen molar-refractivity contribution in [1.29, 1.82) is 0 Å². The Kier molecular flexibility index (Phi) is 5.64. The summed E-state index contributed by atoms with van der Waals surface area (Å²) < 4.78 is 5.30. The lowest BCUT2D eigenvalue weighted by Crippen LogP contribution is -2.40. The molecule has 1 aromatic carbocycles. The summed E-state index contributed by atoms with van der Waals surface area (Å²) in [5.74, 6) is 0.0740. The number of hydrogen-bond acceptors (Lipinski definition) is 4. The van der Waals surface area contributed by atoms with Crippen molar-refractivity contribution in [2.75, 3.05) is 39.4 Å². The first-order chi connectivity index (χ1) is 13.6. The number of aromatic nitrogens is 2. The number of likely N-dealkylation sites (tertiary alicyclic amines) is 1. The Bertz CT molecular complexity index is 845. The van der Waals surface area contributed by atoms with Crippen LogP contribution in [0.5, 0.6) is 0 Å². The number of hydrogen-bond donors (Lipinski definition) is 1. The molecule has 7 nitrogen and oxygen atoms in total. The fraction of sp³-hybridized carbons (Fsp3) is 0.450. The van der Waals surface area contributed by atoms with Crippen molar-refractivity contribution in [3.63, 3.8) is 0 Å². The van der Waals surface area contributed by atoms with Gasteiger partial charge in [0, 0.05) is 48.4 Å². The first-order valence-electron chi connectivity index (χ1n) is 9.59. The molecule has 0 bridgehead atoms. The maximum Gasteiger partial charge on any atom is 0.274 e. The number of amides is 2. The Labute approximate surface area is 168 Å². The average Bonchev–Trinajstić information content (AvgIpc) is 3.24. The van der Waals surface area contributed by atoms with Crippen molar-refractivity contribution in [2.45, 2.75) is 18.8 Å². The van der Waals surface area contributed by atoms with E-state index in [0.717, 1.165) is 25.1 Å². The smallest absolute Gasteiger partial charge is 0.274 e. The molecule has 8 heteroatoms. The number of morpholine rings is 1. The standard InChI is InChI=1S/C20H23ClN4O3/c21-16-5-3-14(4-6-16)19(26)25-7-1-2-15(13-25)17-12-18(23-22-17)20(27)24-8-10-28-11-9-24/h3-6,12,15H,1-2,7-11,13H2,(H,22,23)/t15-/m0/s1. The van der Waals surface area contributed by atoms with Crippen molar-refractivity contribution < 1.29 is 14.3 Å². The fourth-order valence-electron chi connectivity index (χ4n) is 3.77. The second kappa shape index (κ2) is 8.32. The number of halogens is 1. The number of carbonyl (C=O) groups excluding carboxylic acids is 2. The number of piperidine rings is 1. The van der Waals surface area contributed by atoms with E-state index in [1.54, 1.807) is 29.2 Å². The van der Waals surface area contributed by atoms with Gasteiger partial charge in [0.1, 0.15) is 5.69 Å². The Morgan fingerprint density at radius 2 is 1.82 bits per heavy atom. The van der Waals surface area contributed by atoms with Gasteiger partial charge in [0.2, 0.25) is 0 Å². The molecule has 1 N–H and O–H groups in total. The van der Waals surface area contributed by atoms with Gasteiger partial charge in [0.25, 0.3) is 11.8 Å². The summed E-state index contributed by atoms with van der Waals surface area (Å²) in [5, 5.41) is 7.86. The van der Waals surface area contributed by atoms with Gasteiger partial charge >= 0.3 is 0 Å². The molecule has 2 aliphatic rings. The van der Waals surface area contributed by atoms with Crippen molar-refractivity contribution >= 4 is 23.4 Å². The summed E-state index contributed by atoms with van der Waals surface area (Å²) in [4.78, 5) is 29.0. The van der Waals surface area contributed by atoms with Crippen molar-refractivity contribution in [3.05, 3.63) is 52.3 Å². The van der Waals surface area contributed by atoms with E-state index >= 15 is 0 Å². The molecule has 3 heterocycles. The summed E-state index contributed by atoms with van der Waals surface area (Å²) in [6.07, 6.45) is 1.87. The van der Waals surface area contributed by atoms with E-state index in [4.69, 9.17) is 16.3 Å². The van der Waals surface area contributed by atoms with Crippen LogP contribution < -0.4 is 0 Å². The van der Waals surface area contributed by atoms with E-state index in [9.17, 15) is 9.59 Å². The van der Waals surface area contributed by atoms with Gasteiger partial charge < -0.3 is 14.5 Å². The van der Waals surface area contributed by atoms with Crippen LogP contribution in [-0.4, -0.2) is 71.2 Å². The molecule has 0 saturated carbocycles. The number of carbonyl (C=O) groups is 2. The summed E-state index contributed by atoms with van der Waals surface area (Å²) in [6.45, 7) is 3.64. The lowest BCUT2D eigenvalue weighted by atomic mass is 9.94. The van der Waals surface area contributed by atoms with Crippen LogP contribution in [0.25, 0.3) is 0 Å². The van der Waals surface area contributed by atoms with Crippen LogP contribution in [0.4, 0.5) is 0 Å². The van der Waals surface area contributed by atoms with Crippen LogP contribution >= 0.6 is 11.6 Å². The van der Waals surface area contributed by atoms with Gasteiger partial charge in [-0.05, 0) is 43.2 Å². The summed E-state index contributed by atoms with van der Waals surface area (Å²) in [7, 11) is 0. The third-order valence-electron chi connectivity index (χ3n) is 5.35. The minimum absolute atomic E-state index is 0.00509. The highest BCUT2D eigenvalue weighted by Gasteiger charge is 2.28. The second-order valence-corrected chi connectivity index (χ2v) is 7.65. The van der Waals surface area contributed by atoms with Crippen LogP contribution in [0.2, 0.25) is 5.02 Å². The zero-order valence-electron chi connectivity index (χ0n) is 15.6. The zero-order chi connectivity index (χ0) is 19.5. The quantitative estimate of drug-likeness (QED) is 0.855. The molecule has 0 spiro atoms. The number of nitrogens with zero attached hydrogens (tertiary/aromatic N) is 3. The molecule has 4 rings (SSSR count).